The van der Waals surface area contributed by atoms with Gasteiger partial charge in [0, 0.05) is 23.9 Å². The molecule has 0 atom stereocenters. The Morgan fingerprint density at radius 3 is 2.79 bits per heavy atom. The predicted octanol–water partition coefficient (Wildman–Crippen LogP) is 4.06. The molecule has 5 rings (SSSR count). The Labute approximate surface area is 202 Å². The standard InChI is InChI=1S/C22H19ClFN5O4S/c1-4-33-21-28-27-20(34-21)26-18(30)11-8-13-12(22(5-6-22)19(31)29(13)2)7-10(11)15-14(32-3)9-25-17(23)16(15)24/h7-9H,4-6H2,1-3H3,(H,26,27,30). The number of benzene rings is 1. The summed E-state index contributed by atoms with van der Waals surface area (Å²) in [6.07, 6.45) is 2.67. The summed E-state index contributed by atoms with van der Waals surface area (Å²) in [6, 6.07) is 3.27. The number of nitrogens with one attached hydrogen (secondary N) is 1. The zero-order chi connectivity index (χ0) is 24.2. The fourth-order valence-electron chi connectivity index (χ4n) is 4.26. The van der Waals surface area contributed by atoms with Gasteiger partial charge in [-0.2, -0.15) is 0 Å². The third kappa shape index (κ3) is 3.38. The lowest BCUT2D eigenvalue weighted by atomic mass is 9.90. The number of halogens is 2. The van der Waals surface area contributed by atoms with Gasteiger partial charge in [0.25, 0.3) is 11.1 Å². The van der Waals surface area contributed by atoms with E-state index in [1.165, 1.54) is 18.2 Å². The molecule has 0 radical (unpaired) electrons. The van der Waals surface area contributed by atoms with E-state index < -0.39 is 17.1 Å². The van der Waals surface area contributed by atoms with Crippen LogP contribution in [0.4, 0.5) is 15.2 Å². The van der Waals surface area contributed by atoms with Crippen molar-refractivity contribution in [2.75, 3.05) is 31.0 Å². The van der Waals surface area contributed by atoms with Crippen LogP contribution in [0, 0.1) is 5.82 Å². The van der Waals surface area contributed by atoms with E-state index in [-0.39, 0.29) is 38.6 Å². The Hall–Kier alpha value is -3.31. The number of pyridine rings is 1. The first-order valence-electron chi connectivity index (χ1n) is 10.4. The van der Waals surface area contributed by atoms with E-state index in [4.69, 9.17) is 21.1 Å². The van der Waals surface area contributed by atoms with Crippen LogP contribution in [0.15, 0.2) is 18.3 Å². The number of hydrogen-bond acceptors (Lipinski definition) is 8. The number of methoxy groups -OCH3 is 1. The molecule has 0 saturated heterocycles. The van der Waals surface area contributed by atoms with Crippen LogP contribution < -0.4 is 19.7 Å². The van der Waals surface area contributed by atoms with E-state index >= 15 is 4.39 Å². The maximum atomic E-state index is 15.3. The molecule has 1 N–H and O–H groups in total. The van der Waals surface area contributed by atoms with Gasteiger partial charge in [0.05, 0.1) is 30.9 Å². The number of aromatic nitrogens is 3. The second-order valence-corrected chi connectivity index (χ2v) is 9.23. The number of fused-ring (bicyclic) bond motifs is 2. The molecule has 12 heteroatoms. The van der Waals surface area contributed by atoms with Crippen molar-refractivity contribution < 1.29 is 23.5 Å². The van der Waals surface area contributed by atoms with Gasteiger partial charge in [-0.1, -0.05) is 16.7 Å². The van der Waals surface area contributed by atoms with Crippen LogP contribution >= 0.6 is 22.9 Å². The van der Waals surface area contributed by atoms with Crippen LogP contribution in [-0.4, -0.2) is 47.8 Å². The second kappa shape index (κ2) is 8.17. The van der Waals surface area contributed by atoms with E-state index in [1.54, 1.807) is 19.2 Å². The van der Waals surface area contributed by atoms with Crippen molar-refractivity contribution in [3.05, 3.63) is 40.4 Å². The van der Waals surface area contributed by atoms with Gasteiger partial charge >= 0.3 is 0 Å². The van der Waals surface area contributed by atoms with E-state index in [9.17, 15) is 9.59 Å². The minimum absolute atomic E-state index is 0.0134. The topological polar surface area (TPSA) is 107 Å². The summed E-state index contributed by atoms with van der Waals surface area (Å²) in [5.41, 5.74) is 1.04. The lowest BCUT2D eigenvalue weighted by Gasteiger charge is -2.17. The molecular formula is C22H19ClFN5O4S. The molecule has 3 heterocycles. The Morgan fingerprint density at radius 2 is 2.12 bits per heavy atom. The summed E-state index contributed by atoms with van der Waals surface area (Å²) in [5, 5.41) is 10.6. The van der Waals surface area contributed by atoms with Crippen molar-refractivity contribution in [3.63, 3.8) is 0 Å². The Bertz CT molecular complexity index is 1340. The van der Waals surface area contributed by atoms with Crippen molar-refractivity contribution >= 4 is 45.6 Å². The van der Waals surface area contributed by atoms with Crippen LogP contribution in [0.25, 0.3) is 11.1 Å². The first kappa shape index (κ1) is 22.5. The predicted molar refractivity (Wildman–Crippen MR) is 125 cm³/mol. The average molecular weight is 504 g/mol. The normalized spacial score (nSPS) is 15.4. The smallest absolute Gasteiger partial charge is 0.295 e. The molecule has 1 spiro atoms. The Morgan fingerprint density at radius 1 is 1.35 bits per heavy atom. The molecule has 1 fully saturated rings. The average Bonchev–Trinajstić information content (AvgIpc) is 3.48. The highest BCUT2D eigenvalue weighted by atomic mass is 35.5. The van der Waals surface area contributed by atoms with Crippen molar-refractivity contribution in [1.82, 2.24) is 15.2 Å². The number of ether oxygens (including phenoxy) is 2. The molecule has 2 aliphatic rings. The summed E-state index contributed by atoms with van der Waals surface area (Å²) in [4.78, 5) is 31.7. The van der Waals surface area contributed by atoms with Gasteiger partial charge in [-0.25, -0.2) is 9.37 Å². The number of anilines is 2. The lowest BCUT2D eigenvalue weighted by Crippen LogP contribution is -2.28. The minimum Gasteiger partial charge on any atom is -0.494 e. The highest BCUT2D eigenvalue weighted by molar-refractivity contribution is 7.17. The number of carbonyl (C=O) groups is 2. The quantitative estimate of drug-likeness (QED) is 0.505. The van der Waals surface area contributed by atoms with Gasteiger partial charge in [0.2, 0.25) is 11.0 Å². The zero-order valence-electron chi connectivity index (χ0n) is 18.4. The number of hydrogen-bond donors (Lipinski definition) is 1. The molecule has 34 heavy (non-hydrogen) atoms. The first-order valence-corrected chi connectivity index (χ1v) is 11.6. The van der Waals surface area contributed by atoms with Crippen LogP contribution in [0.1, 0.15) is 35.7 Å². The third-order valence-corrected chi connectivity index (χ3v) is 7.06. The molecule has 176 valence electrons. The number of rotatable bonds is 6. The first-order chi connectivity index (χ1) is 16.3. The van der Waals surface area contributed by atoms with E-state index in [2.05, 4.69) is 20.5 Å². The summed E-state index contributed by atoms with van der Waals surface area (Å²) in [5.74, 6) is -1.33. The van der Waals surface area contributed by atoms with Gasteiger partial charge in [0.15, 0.2) is 11.0 Å². The number of likely N-dealkylation sites (N-methyl/N-ethyl adjacent to an activating group) is 1. The monoisotopic (exact) mass is 503 g/mol. The summed E-state index contributed by atoms with van der Waals surface area (Å²) in [6.45, 7) is 2.21. The zero-order valence-corrected chi connectivity index (χ0v) is 20.0. The highest BCUT2D eigenvalue weighted by Gasteiger charge is 2.58. The fraction of sp³-hybridized carbons (Fsp3) is 0.318. The van der Waals surface area contributed by atoms with Crippen LogP contribution in [-0.2, 0) is 10.2 Å². The van der Waals surface area contributed by atoms with Crippen LogP contribution in [0.5, 0.6) is 10.9 Å². The van der Waals surface area contributed by atoms with E-state index in [0.29, 0.717) is 30.3 Å². The van der Waals surface area contributed by atoms with E-state index in [0.717, 1.165) is 16.9 Å². The van der Waals surface area contributed by atoms with Gasteiger partial charge in [-0.3, -0.25) is 14.9 Å². The lowest BCUT2D eigenvalue weighted by molar-refractivity contribution is -0.119. The molecule has 0 unspecified atom stereocenters. The van der Waals surface area contributed by atoms with Crippen molar-refractivity contribution in [3.8, 4) is 22.1 Å². The maximum absolute atomic E-state index is 15.3. The fourth-order valence-corrected chi connectivity index (χ4v) is 5.05. The van der Waals surface area contributed by atoms with Gasteiger partial charge < -0.3 is 14.4 Å². The van der Waals surface area contributed by atoms with Crippen LogP contribution in [0.2, 0.25) is 5.15 Å². The van der Waals surface area contributed by atoms with Gasteiger partial charge in [-0.15, -0.1) is 5.10 Å². The van der Waals surface area contributed by atoms with Crippen LogP contribution in [0.3, 0.4) is 0 Å². The molecular weight excluding hydrogens is 485 g/mol. The Balaban J connectivity index is 1.68. The number of carbonyl (C=O) groups excluding carboxylic acids is 2. The summed E-state index contributed by atoms with van der Waals surface area (Å²) in [7, 11) is 3.04. The van der Waals surface area contributed by atoms with Crippen molar-refractivity contribution in [2.45, 2.75) is 25.2 Å². The van der Waals surface area contributed by atoms with Crippen molar-refractivity contribution in [1.29, 1.82) is 0 Å². The Kier molecular flexibility index (Phi) is 5.40. The summed E-state index contributed by atoms with van der Waals surface area (Å²) < 4.78 is 25.9. The third-order valence-electron chi connectivity index (χ3n) is 6.05. The number of amides is 2. The molecule has 1 aliphatic carbocycles. The van der Waals surface area contributed by atoms with E-state index in [1.807, 2.05) is 6.92 Å². The second-order valence-electron chi connectivity index (χ2n) is 7.93. The molecule has 1 saturated carbocycles. The molecule has 2 amide bonds. The summed E-state index contributed by atoms with van der Waals surface area (Å²) >= 11 is 7.04. The number of nitrogens with zero attached hydrogens (tertiary/aromatic N) is 4. The molecule has 3 aromatic rings. The molecule has 1 aliphatic heterocycles. The molecule has 9 nitrogen and oxygen atoms in total. The minimum atomic E-state index is -0.827. The SMILES string of the molecule is CCOc1nnc(NC(=O)c2cc3c(cc2-c2c(OC)cnc(Cl)c2F)C2(CC2)C(=O)N3C)s1. The largest absolute Gasteiger partial charge is 0.494 e. The molecule has 2 aromatic heterocycles. The molecule has 1 aromatic carbocycles. The van der Waals surface area contributed by atoms with Crippen molar-refractivity contribution in [2.24, 2.45) is 0 Å². The van der Waals surface area contributed by atoms with Gasteiger partial charge in [-0.05, 0) is 48.8 Å². The highest BCUT2D eigenvalue weighted by Crippen LogP contribution is 2.58. The molecule has 0 bridgehead atoms. The van der Waals surface area contributed by atoms with Gasteiger partial charge in [0.1, 0.15) is 5.75 Å². The maximum Gasteiger partial charge on any atom is 0.295 e.